The molecule has 0 aromatic heterocycles. The number of carbonyl (C=O) groups excluding carboxylic acids is 1. The van der Waals surface area contributed by atoms with Gasteiger partial charge in [0.2, 0.25) is 0 Å². The average molecular weight is 236 g/mol. The van der Waals surface area contributed by atoms with Gasteiger partial charge in [-0.15, -0.1) is 0 Å². The molecule has 0 unspecified atom stereocenters. The molecule has 0 fully saturated rings. The maximum atomic E-state index is 8.33. The van der Waals surface area contributed by atoms with Crippen LogP contribution in [0.3, 0.4) is 0 Å². The van der Waals surface area contributed by atoms with Gasteiger partial charge in [0.05, 0.1) is 0 Å². The largest absolute Gasteiger partial charge is 2.00 e. The van der Waals surface area contributed by atoms with Crippen LogP contribution in [0.4, 0.5) is 4.79 Å². The van der Waals surface area contributed by atoms with Crippen molar-refractivity contribution in [2.24, 2.45) is 0 Å². The van der Waals surface area contributed by atoms with E-state index >= 15 is 0 Å². The van der Waals surface area contributed by atoms with Crippen molar-refractivity contribution in [2.45, 2.75) is 0 Å². The molecule has 6 heteroatoms. The van der Waals surface area contributed by atoms with Crippen LogP contribution in [0.25, 0.3) is 0 Å². The number of rotatable bonds is 0. The molecule has 0 atom stereocenters. The molecule has 0 spiro atoms. The Labute approximate surface area is 103 Å². The van der Waals surface area contributed by atoms with E-state index < -0.39 is 6.16 Å². The minimum Gasteiger partial charge on any atom is -1.00 e. The van der Waals surface area contributed by atoms with E-state index in [9.17, 15) is 0 Å². The summed E-state index contributed by atoms with van der Waals surface area (Å²) in [5.41, 5.74) is 0. The Balaban J connectivity index is -0.0000000150. The fourth-order valence-electron chi connectivity index (χ4n) is 0. The second-order valence-corrected chi connectivity index (χ2v) is 0.250. The van der Waals surface area contributed by atoms with Crippen molar-refractivity contribution in [1.82, 2.24) is 0 Å². The van der Waals surface area contributed by atoms with Gasteiger partial charge in [-0.05, 0) is 6.16 Å². The fourth-order valence-corrected chi connectivity index (χ4v) is 0. The van der Waals surface area contributed by atoms with Crippen molar-refractivity contribution in [2.75, 3.05) is 0 Å². The van der Waals surface area contributed by atoms with Gasteiger partial charge in [-0.2, -0.15) is 0 Å². The minimum absolute atomic E-state index is 0. The van der Waals surface area contributed by atoms with E-state index in [4.69, 9.17) is 15.0 Å². The molecule has 31 valence electrons. The molecule has 0 N–H and O–H groups in total. The molecule has 7 heavy (non-hydrogen) atoms. The Morgan fingerprint density at radius 3 is 1.29 bits per heavy atom. The minimum atomic E-state index is -2.33. The summed E-state index contributed by atoms with van der Waals surface area (Å²) in [4.78, 5) is 8.33. The van der Waals surface area contributed by atoms with E-state index in [0.717, 1.165) is 0 Å². The van der Waals surface area contributed by atoms with Crippen molar-refractivity contribution >= 4 is 55.0 Å². The summed E-state index contributed by atoms with van der Waals surface area (Å²) in [6, 6.07) is 0. The summed E-state index contributed by atoms with van der Waals surface area (Å²) in [5, 5.41) is 16.7. The first-order chi connectivity index (χ1) is 1.73. The van der Waals surface area contributed by atoms with Crippen LogP contribution in [-0.4, -0.2) is 55.0 Å². The summed E-state index contributed by atoms with van der Waals surface area (Å²) < 4.78 is 0. The maximum Gasteiger partial charge on any atom is 2.00 e. The number of carbonyl (C=O) groups is 1. The molecule has 0 aliphatic carbocycles. The molecule has 1 radical (unpaired) electrons. The van der Waals surface area contributed by atoms with Crippen LogP contribution in [0, 0.1) is 0 Å². The number of hydrogen-bond donors (Lipinski definition) is 0. The zero-order chi connectivity index (χ0) is 3.58. The normalized spacial score (nSPS) is 3.43. The summed E-state index contributed by atoms with van der Waals surface area (Å²) in [6.45, 7) is 0. The van der Waals surface area contributed by atoms with Gasteiger partial charge < -0.3 is 20.5 Å². The molecule has 0 bridgehead atoms. The first-order valence-electron chi connectivity index (χ1n) is 0.612. The molecular weight excluding hydrogens is 236 g/mol. The van der Waals surface area contributed by atoms with Gasteiger partial charge in [0, 0.05) is 0 Å². The maximum absolute atomic E-state index is 8.33. The van der Waals surface area contributed by atoms with E-state index in [1.165, 1.54) is 0 Å². The molecule has 0 aliphatic heterocycles. The van der Waals surface area contributed by atoms with Crippen molar-refractivity contribution in [3.63, 3.8) is 0 Å². The third-order valence-electron chi connectivity index (χ3n) is 0. The molecule has 0 rings (SSSR count). The molecule has 4 nitrogen and oxygen atoms in total. The van der Waals surface area contributed by atoms with Crippen molar-refractivity contribution < 1.29 is 50.0 Å². The van der Waals surface area contributed by atoms with Crippen LogP contribution in [0.1, 0.15) is 0 Å². The standard InChI is InChI=1S/CH2O3.Ba.Na.O/c2-1(3)4;;;/h(H2,2,3,4);;;/q;+2;+1;-1/p-2. The van der Waals surface area contributed by atoms with Gasteiger partial charge in [0.15, 0.2) is 0 Å². The Bertz CT molecular complexity index is 34.7. The average Bonchev–Trinajstić information content (AvgIpc) is 0.811. The Morgan fingerprint density at radius 1 is 1.29 bits per heavy atom. The Hall–Kier alpha value is 1.80. The van der Waals surface area contributed by atoms with Gasteiger partial charge in [0.1, 0.15) is 0 Å². The van der Waals surface area contributed by atoms with Crippen LogP contribution >= 0.6 is 0 Å². The molecule has 0 aliphatic rings. The summed E-state index contributed by atoms with van der Waals surface area (Å²) in [7, 11) is 0. The zero-order valence-electron chi connectivity index (χ0n) is 3.84. The first-order valence-corrected chi connectivity index (χ1v) is 0.612. The quantitative estimate of drug-likeness (QED) is 0.392. The van der Waals surface area contributed by atoms with E-state index in [2.05, 4.69) is 0 Å². The smallest absolute Gasteiger partial charge is 1.00 e. The molecule has 0 aromatic carbocycles. The van der Waals surface area contributed by atoms with Crippen LogP contribution in [0.5, 0.6) is 0 Å². The predicted molar refractivity (Wildman–Crippen MR) is 11.8 cm³/mol. The summed E-state index contributed by atoms with van der Waals surface area (Å²) in [6.07, 6.45) is -2.33. The molecule has 0 aromatic rings. The summed E-state index contributed by atoms with van der Waals surface area (Å²) in [5.74, 6) is 0. The molecular formula is CBaNaO4. The third kappa shape index (κ3) is 80.9. The van der Waals surface area contributed by atoms with Crippen molar-refractivity contribution in [1.29, 1.82) is 0 Å². The number of carboxylic acid groups (broad SMARTS) is 2. The van der Waals surface area contributed by atoms with Gasteiger partial charge in [-0.3, -0.25) is 0 Å². The Kier molecular flexibility index (Phi) is 52.0. The monoisotopic (exact) mass is 237 g/mol. The van der Waals surface area contributed by atoms with Crippen LogP contribution in [0.15, 0.2) is 0 Å². The second kappa shape index (κ2) is 15.7. The van der Waals surface area contributed by atoms with E-state index in [-0.39, 0.29) is 83.9 Å². The van der Waals surface area contributed by atoms with E-state index in [0.29, 0.717) is 0 Å². The van der Waals surface area contributed by atoms with Crippen LogP contribution in [-0.2, 0) is 5.48 Å². The molecule has 0 saturated heterocycles. The van der Waals surface area contributed by atoms with Gasteiger partial charge in [-0.25, -0.2) is 0 Å². The fraction of sp³-hybridized carbons (Fsp3) is 0. The van der Waals surface area contributed by atoms with E-state index in [1.807, 2.05) is 0 Å². The second-order valence-electron chi connectivity index (χ2n) is 0.250. The molecule has 0 heterocycles. The SMILES string of the molecule is O=C([O-])[O-].[Ba+2].[Na+].[O-]. The topological polar surface area (TPSA) is 91.7 Å². The zero-order valence-corrected chi connectivity index (χ0v) is 10.3. The van der Waals surface area contributed by atoms with Crippen LogP contribution in [0.2, 0.25) is 0 Å². The van der Waals surface area contributed by atoms with Crippen molar-refractivity contribution in [3.8, 4) is 0 Å². The molecule has 0 saturated carbocycles. The van der Waals surface area contributed by atoms with Crippen LogP contribution < -0.4 is 39.8 Å². The summed E-state index contributed by atoms with van der Waals surface area (Å²) >= 11 is 0. The first kappa shape index (κ1) is 23.2. The van der Waals surface area contributed by atoms with Crippen molar-refractivity contribution in [3.05, 3.63) is 0 Å². The number of hydrogen-bond acceptors (Lipinski definition) is 4. The van der Waals surface area contributed by atoms with Gasteiger partial charge in [-0.1, -0.05) is 0 Å². The predicted octanol–water partition coefficient (Wildman–Crippen LogP) is -5.94. The Morgan fingerprint density at radius 2 is 1.29 bits per heavy atom. The van der Waals surface area contributed by atoms with Gasteiger partial charge >= 0.3 is 78.4 Å². The third-order valence-corrected chi connectivity index (χ3v) is 0. The van der Waals surface area contributed by atoms with Gasteiger partial charge in [0.25, 0.3) is 0 Å². The van der Waals surface area contributed by atoms with E-state index in [1.54, 1.807) is 0 Å². The molecule has 0 amide bonds.